The van der Waals surface area contributed by atoms with Crippen molar-refractivity contribution in [2.45, 2.75) is 110 Å². The fraction of sp³-hybridized carbons (Fsp3) is 0.529. The minimum absolute atomic E-state index is 0.0700. The second-order valence-electron chi connectivity index (χ2n) is 11.2. The van der Waals surface area contributed by atoms with Gasteiger partial charge in [-0.1, -0.05) is 139 Å². The van der Waals surface area contributed by atoms with E-state index in [1.54, 1.807) is 12.1 Å². The number of phenolic OH excluding ortho intramolecular Hbond substituents is 1. The van der Waals surface area contributed by atoms with Crippen LogP contribution in [0.1, 0.15) is 110 Å². The van der Waals surface area contributed by atoms with Crippen molar-refractivity contribution in [2.24, 2.45) is 10.2 Å². The molecule has 7 nitrogen and oxygen atoms in total. The summed E-state index contributed by atoms with van der Waals surface area (Å²) >= 11 is 9.55. The van der Waals surface area contributed by atoms with Crippen LogP contribution in [0.2, 0.25) is 5.02 Å². The van der Waals surface area contributed by atoms with Crippen LogP contribution in [0.25, 0.3) is 10.8 Å². The number of benzene rings is 3. The normalized spacial score (nSPS) is 11.5. The van der Waals surface area contributed by atoms with Crippen LogP contribution in [0.5, 0.6) is 11.5 Å². The third-order valence-electron chi connectivity index (χ3n) is 7.69. The van der Waals surface area contributed by atoms with Gasteiger partial charge in [0.25, 0.3) is 5.69 Å². The number of hydrogen-bond donors (Lipinski definition) is 1. The first-order chi connectivity index (χ1) is 20.9. The maximum atomic E-state index is 11.1. The van der Waals surface area contributed by atoms with E-state index in [0.717, 1.165) is 12.8 Å². The van der Waals surface area contributed by atoms with E-state index in [1.807, 2.05) is 18.2 Å². The zero-order chi connectivity index (χ0) is 30.9. The number of nitro benzene ring substituents is 1. The molecule has 0 saturated carbocycles. The average molecular weight is 675 g/mol. The molecule has 0 radical (unpaired) electrons. The molecule has 43 heavy (non-hydrogen) atoms. The van der Waals surface area contributed by atoms with Crippen LogP contribution in [0.3, 0.4) is 0 Å². The van der Waals surface area contributed by atoms with Crippen molar-refractivity contribution >= 4 is 55.4 Å². The highest BCUT2D eigenvalue weighted by Gasteiger charge is 2.16. The highest BCUT2D eigenvalue weighted by molar-refractivity contribution is 9.10. The van der Waals surface area contributed by atoms with Crippen LogP contribution in [-0.4, -0.2) is 16.6 Å². The molecule has 0 aliphatic heterocycles. The number of non-ortho nitro benzene ring substituents is 1. The molecule has 1 N–H and O–H groups in total. The fourth-order valence-corrected chi connectivity index (χ4v) is 6.09. The number of fused-ring (bicyclic) bond motifs is 1. The van der Waals surface area contributed by atoms with E-state index in [-0.39, 0.29) is 22.1 Å². The molecule has 0 saturated heterocycles. The van der Waals surface area contributed by atoms with Crippen molar-refractivity contribution in [1.29, 1.82) is 0 Å². The minimum atomic E-state index is -0.520. The molecular weight excluding hydrogens is 630 g/mol. The Morgan fingerprint density at radius 2 is 1.35 bits per heavy atom. The lowest BCUT2D eigenvalue weighted by Gasteiger charge is -2.12. The van der Waals surface area contributed by atoms with Crippen molar-refractivity contribution in [2.75, 3.05) is 6.61 Å². The van der Waals surface area contributed by atoms with E-state index in [1.165, 1.54) is 102 Å². The molecule has 3 aromatic carbocycles. The maximum Gasteiger partial charge on any atom is 0.272 e. The number of nitro groups is 1. The SMILES string of the molecule is CCCCCCCCCCCCCCCCCCOc1cc(N=Nc2c(Cl)cc([N+](=O)[O-])cc2Br)c2ccccc2c1O. The number of halogens is 2. The van der Waals surface area contributed by atoms with Gasteiger partial charge in [-0.3, -0.25) is 10.1 Å². The molecular formula is C34H45BrClN3O4. The molecule has 234 valence electrons. The Hall–Kier alpha value is -2.71. The van der Waals surface area contributed by atoms with Gasteiger partial charge < -0.3 is 9.84 Å². The van der Waals surface area contributed by atoms with Gasteiger partial charge in [0.05, 0.1) is 26.7 Å². The summed E-state index contributed by atoms with van der Waals surface area (Å²) in [6.45, 7) is 2.77. The molecule has 0 bridgehead atoms. The van der Waals surface area contributed by atoms with Gasteiger partial charge in [0.15, 0.2) is 11.5 Å². The number of nitrogens with zero attached hydrogens (tertiary/aromatic N) is 3. The van der Waals surface area contributed by atoms with Crippen LogP contribution in [-0.2, 0) is 0 Å². The smallest absolute Gasteiger partial charge is 0.272 e. The summed E-state index contributed by atoms with van der Waals surface area (Å²) in [5.41, 5.74) is 0.632. The topological polar surface area (TPSA) is 97.3 Å². The van der Waals surface area contributed by atoms with Crippen molar-refractivity contribution in [3.63, 3.8) is 0 Å². The summed E-state index contributed by atoms with van der Waals surface area (Å²) in [6.07, 6.45) is 20.9. The van der Waals surface area contributed by atoms with E-state index in [0.29, 0.717) is 33.3 Å². The van der Waals surface area contributed by atoms with Crippen LogP contribution in [0.15, 0.2) is 57.2 Å². The number of rotatable bonds is 21. The summed E-state index contributed by atoms with van der Waals surface area (Å²) < 4.78 is 6.34. The predicted molar refractivity (Wildman–Crippen MR) is 181 cm³/mol. The third-order valence-corrected chi connectivity index (χ3v) is 8.58. The Morgan fingerprint density at radius 3 is 1.88 bits per heavy atom. The van der Waals surface area contributed by atoms with Crippen LogP contribution in [0.4, 0.5) is 17.1 Å². The average Bonchev–Trinajstić information content (AvgIpc) is 2.99. The van der Waals surface area contributed by atoms with E-state index in [4.69, 9.17) is 16.3 Å². The molecule has 3 rings (SSSR count). The van der Waals surface area contributed by atoms with Crippen LogP contribution >= 0.6 is 27.5 Å². The molecule has 0 fully saturated rings. The zero-order valence-corrected chi connectivity index (χ0v) is 27.7. The lowest BCUT2D eigenvalue weighted by Crippen LogP contribution is -1.98. The lowest BCUT2D eigenvalue weighted by atomic mass is 10.0. The summed E-state index contributed by atoms with van der Waals surface area (Å²) in [5.74, 6) is 0.420. The molecule has 0 heterocycles. The number of unbranched alkanes of at least 4 members (excludes halogenated alkanes) is 15. The Balaban J connectivity index is 1.42. The molecule has 0 atom stereocenters. The van der Waals surface area contributed by atoms with Crippen molar-refractivity contribution < 1.29 is 14.8 Å². The largest absolute Gasteiger partial charge is 0.504 e. The Morgan fingerprint density at radius 1 is 0.814 bits per heavy atom. The Bertz CT molecular complexity index is 1310. The summed E-state index contributed by atoms with van der Waals surface area (Å²) in [7, 11) is 0. The molecule has 0 unspecified atom stereocenters. The van der Waals surface area contributed by atoms with Crippen molar-refractivity contribution in [1.82, 2.24) is 0 Å². The van der Waals surface area contributed by atoms with Crippen molar-refractivity contribution in [3.05, 3.63) is 62.1 Å². The molecule has 0 spiro atoms. The molecule has 3 aromatic rings. The molecule has 0 aliphatic carbocycles. The summed E-state index contributed by atoms with van der Waals surface area (Å²) in [5, 5.41) is 32.0. The molecule has 0 amide bonds. The minimum Gasteiger partial charge on any atom is -0.504 e. The predicted octanol–water partition coefficient (Wildman–Crippen LogP) is 12.9. The van der Waals surface area contributed by atoms with E-state index >= 15 is 0 Å². The van der Waals surface area contributed by atoms with Gasteiger partial charge >= 0.3 is 0 Å². The van der Waals surface area contributed by atoms with Crippen LogP contribution < -0.4 is 4.74 Å². The number of azo groups is 1. The highest BCUT2D eigenvalue weighted by Crippen LogP contribution is 2.43. The number of hydrogen-bond acceptors (Lipinski definition) is 6. The van der Waals surface area contributed by atoms with Gasteiger partial charge in [0.1, 0.15) is 5.69 Å². The second-order valence-corrected chi connectivity index (χ2v) is 12.4. The van der Waals surface area contributed by atoms with Gasteiger partial charge in [-0.25, -0.2) is 0 Å². The number of phenols is 1. The first-order valence-corrected chi connectivity index (χ1v) is 17.0. The molecule has 0 aliphatic rings. The van der Waals surface area contributed by atoms with Crippen molar-refractivity contribution in [3.8, 4) is 11.5 Å². The first kappa shape index (κ1) is 34.8. The standard InChI is InChI=1S/C34H45BrClN3O4/c1-2-3-4-5-6-7-8-9-10-11-12-13-14-15-16-19-22-43-32-25-31(27-20-17-18-21-28(27)34(32)40)37-38-33-29(35)23-26(39(41)42)24-30(33)36/h17-18,20-21,23-25,40H,2-16,19,22H2,1H3. The lowest BCUT2D eigenvalue weighted by molar-refractivity contribution is -0.384. The quantitative estimate of drug-likeness (QED) is 0.0526. The zero-order valence-electron chi connectivity index (χ0n) is 25.3. The van der Waals surface area contributed by atoms with Gasteiger partial charge in [0.2, 0.25) is 0 Å². The Labute approximate surface area is 269 Å². The number of ether oxygens (including phenoxy) is 1. The molecule has 0 aromatic heterocycles. The van der Waals surface area contributed by atoms with Gasteiger partial charge in [-0.2, -0.15) is 0 Å². The van der Waals surface area contributed by atoms with E-state index < -0.39 is 4.92 Å². The summed E-state index contributed by atoms with van der Waals surface area (Å²) in [4.78, 5) is 10.6. The fourth-order valence-electron chi connectivity index (χ4n) is 5.20. The first-order valence-electron chi connectivity index (χ1n) is 15.8. The highest BCUT2D eigenvalue weighted by atomic mass is 79.9. The van der Waals surface area contributed by atoms with E-state index in [2.05, 4.69) is 33.1 Å². The van der Waals surface area contributed by atoms with Gasteiger partial charge in [-0.05, 0) is 22.4 Å². The van der Waals surface area contributed by atoms with E-state index in [9.17, 15) is 15.2 Å². The second kappa shape index (κ2) is 19.5. The Kier molecular flexibility index (Phi) is 15.8. The van der Waals surface area contributed by atoms with Gasteiger partial charge in [0, 0.05) is 29.0 Å². The maximum absolute atomic E-state index is 11.1. The third kappa shape index (κ3) is 11.7. The monoisotopic (exact) mass is 673 g/mol. The number of aromatic hydroxyl groups is 1. The van der Waals surface area contributed by atoms with Crippen LogP contribution in [0, 0.1) is 10.1 Å². The summed E-state index contributed by atoms with van der Waals surface area (Å²) in [6, 6.07) is 11.6. The molecule has 9 heteroatoms. The van der Waals surface area contributed by atoms with Gasteiger partial charge in [-0.15, -0.1) is 10.2 Å².